The molecule has 1 N–H and O–H groups in total. The highest BCUT2D eigenvalue weighted by molar-refractivity contribution is 7.93. The van der Waals surface area contributed by atoms with Gasteiger partial charge in [0.05, 0.1) is 0 Å². The zero-order chi connectivity index (χ0) is 10.9. The maximum Gasteiger partial charge on any atom is 0.318 e. The molecule has 0 aliphatic carbocycles. The summed E-state index contributed by atoms with van der Waals surface area (Å²) in [5.41, 5.74) is 0. The molecule has 1 amide bonds. The van der Waals surface area contributed by atoms with Crippen LogP contribution in [0.4, 0.5) is 0 Å². The zero-order valence-electron chi connectivity index (χ0n) is 7.63. The van der Waals surface area contributed by atoms with Crippen LogP contribution in [0, 0.1) is 0 Å². The van der Waals surface area contributed by atoms with Gasteiger partial charge in [-0.2, -0.15) is 0 Å². The van der Waals surface area contributed by atoms with Crippen molar-refractivity contribution in [1.29, 1.82) is 0 Å². The van der Waals surface area contributed by atoms with Gasteiger partial charge in [0.25, 0.3) is 0 Å². The van der Waals surface area contributed by atoms with Crippen molar-refractivity contribution in [3.63, 3.8) is 0 Å². The van der Waals surface area contributed by atoms with Gasteiger partial charge in [-0.1, -0.05) is 0 Å². The lowest BCUT2D eigenvalue weighted by Crippen LogP contribution is -2.34. The molecule has 1 atom stereocenters. The summed E-state index contributed by atoms with van der Waals surface area (Å²) in [6.45, 7) is 0.363. The van der Waals surface area contributed by atoms with Crippen LogP contribution in [0.3, 0.4) is 0 Å². The van der Waals surface area contributed by atoms with Crippen LogP contribution in [0.5, 0.6) is 0 Å². The van der Waals surface area contributed by atoms with Gasteiger partial charge in [0, 0.05) is 13.6 Å². The molecule has 1 heterocycles. The molecule has 80 valence electrons. The van der Waals surface area contributed by atoms with Crippen LogP contribution in [-0.4, -0.2) is 54.9 Å². The Bertz CT molecular complexity index is 360. The average Bonchev–Trinajstić information content (AvgIpc) is 2.30. The Labute approximate surface area is 81.4 Å². The van der Waals surface area contributed by atoms with Crippen molar-refractivity contribution in [1.82, 2.24) is 4.90 Å². The van der Waals surface area contributed by atoms with Crippen LogP contribution in [0.25, 0.3) is 0 Å². The van der Waals surface area contributed by atoms with E-state index in [0.717, 1.165) is 0 Å². The summed E-state index contributed by atoms with van der Waals surface area (Å²) in [7, 11) is -2.33. The number of sulfone groups is 1. The molecular weight excluding hydrogens is 210 g/mol. The normalized spacial score (nSPS) is 22.8. The van der Waals surface area contributed by atoms with Crippen molar-refractivity contribution in [2.24, 2.45) is 0 Å². The third-order valence-electron chi connectivity index (χ3n) is 2.14. The molecule has 0 saturated carbocycles. The van der Waals surface area contributed by atoms with Crippen molar-refractivity contribution < 1.29 is 23.1 Å². The fourth-order valence-electron chi connectivity index (χ4n) is 1.40. The number of amides is 1. The van der Waals surface area contributed by atoms with E-state index in [0.29, 0.717) is 6.54 Å². The number of aliphatic carboxylic acids is 1. The van der Waals surface area contributed by atoms with Crippen molar-refractivity contribution in [3.05, 3.63) is 0 Å². The molecule has 1 rings (SSSR count). The quantitative estimate of drug-likeness (QED) is 0.640. The summed E-state index contributed by atoms with van der Waals surface area (Å²) in [6.07, 6.45) is 0.185. The van der Waals surface area contributed by atoms with E-state index in [9.17, 15) is 18.0 Å². The molecular formula is C7H11NO5S. The van der Waals surface area contributed by atoms with E-state index in [1.165, 1.54) is 11.9 Å². The maximum atomic E-state index is 11.4. The lowest BCUT2D eigenvalue weighted by Gasteiger charge is -2.09. The standard InChI is InChI=1S/C7H11NO5S/c1-8-3-2-5(7(8)11)14(12,13)4-6(9)10/h5H,2-4H2,1H3,(H,9,10). The highest BCUT2D eigenvalue weighted by Gasteiger charge is 2.40. The van der Waals surface area contributed by atoms with Crippen molar-refractivity contribution in [2.45, 2.75) is 11.7 Å². The molecule has 0 aromatic rings. The third kappa shape index (κ3) is 2.03. The molecule has 1 aliphatic rings. The molecule has 0 spiro atoms. The molecule has 1 unspecified atom stereocenters. The lowest BCUT2D eigenvalue weighted by molar-refractivity contribution is -0.134. The molecule has 14 heavy (non-hydrogen) atoms. The number of likely N-dealkylation sites (tertiary alicyclic amines) is 1. The SMILES string of the molecule is CN1CCC(S(=O)(=O)CC(=O)O)C1=O. The van der Waals surface area contributed by atoms with Gasteiger partial charge in [0.15, 0.2) is 9.84 Å². The summed E-state index contributed by atoms with van der Waals surface area (Å²) in [4.78, 5) is 22.8. The Morgan fingerprint density at radius 3 is 2.57 bits per heavy atom. The predicted molar refractivity (Wildman–Crippen MR) is 47.5 cm³/mol. The number of nitrogens with zero attached hydrogens (tertiary/aromatic N) is 1. The molecule has 6 nitrogen and oxygen atoms in total. The number of carbonyl (C=O) groups excluding carboxylic acids is 1. The van der Waals surface area contributed by atoms with Gasteiger partial charge in [-0.3, -0.25) is 9.59 Å². The third-order valence-corrected chi connectivity index (χ3v) is 4.09. The topological polar surface area (TPSA) is 91.8 Å². The minimum absolute atomic E-state index is 0.185. The first-order valence-electron chi connectivity index (χ1n) is 4.03. The summed E-state index contributed by atoms with van der Waals surface area (Å²) < 4.78 is 22.7. The van der Waals surface area contributed by atoms with Crippen LogP contribution < -0.4 is 0 Å². The van der Waals surface area contributed by atoms with E-state index >= 15 is 0 Å². The zero-order valence-corrected chi connectivity index (χ0v) is 8.45. The minimum atomic E-state index is -3.83. The second-order valence-corrected chi connectivity index (χ2v) is 5.42. The first-order valence-corrected chi connectivity index (χ1v) is 5.74. The van der Waals surface area contributed by atoms with Crippen LogP contribution in [0.15, 0.2) is 0 Å². The number of carbonyl (C=O) groups is 2. The minimum Gasteiger partial charge on any atom is -0.480 e. The molecule has 0 aromatic heterocycles. The van der Waals surface area contributed by atoms with E-state index in [-0.39, 0.29) is 6.42 Å². The van der Waals surface area contributed by atoms with E-state index in [1.54, 1.807) is 0 Å². The van der Waals surface area contributed by atoms with Gasteiger partial charge < -0.3 is 10.0 Å². The number of rotatable bonds is 3. The second kappa shape index (κ2) is 3.56. The number of hydrogen-bond acceptors (Lipinski definition) is 4. The van der Waals surface area contributed by atoms with Crippen LogP contribution in [-0.2, 0) is 19.4 Å². The van der Waals surface area contributed by atoms with E-state index in [1.807, 2.05) is 0 Å². The predicted octanol–water partition coefficient (Wildman–Crippen LogP) is -1.28. The van der Waals surface area contributed by atoms with Crippen molar-refractivity contribution in [2.75, 3.05) is 19.3 Å². The van der Waals surface area contributed by atoms with Gasteiger partial charge in [-0.05, 0) is 6.42 Å². The van der Waals surface area contributed by atoms with E-state index < -0.39 is 32.7 Å². The van der Waals surface area contributed by atoms with Gasteiger partial charge in [0.2, 0.25) is 5.91 Å². The van der Waals surface area contributed by atoms with Gasteiger partial charge >= 0.3 is 5.97 Å². The first kappa shape index (κ1) is 11.0. The molecule has 7 heteroatoms. The molecule has 0 aromatic carbocycles. The van der Waals surface area contributed by atoms with Crippen molar-refractivity contribution in [3.8, 4) is 0 Å². The Hall–Kier alpha value is -1.11. The molecule has 1 fully saturated rings. The summed E-state index contributed by atoms with van der Waals surface area (Å²) in [6, 6.07) is 0. The summed E-state index contributed by atoms with van der Waals surface area (Å²) in [5.74, 6) is -2.91. The van der Waals surface area contributed by atoms with Crippen LogP contribution in [0.2, 0.25) is 0 Å². The van der Waals surface area contributed by atoms with Crippen LogP contribution >= 0.6 is 0 Å². The molecule has 0 radical (unpaired) electrons. The monoisotopic (exact) mass is 221 g/mol. The fourth-order valence-corrected chi connectivity index (χ4v) is 2.89. The Morgan fingerprint density at radius 2 is 2.21 bits per heavy atom. The Balaban J connectivity index is 2.84. The highest BCUT2D eigenvalue weighted by Crippen LogP contribution is 2.17. The van der Waals surface area contributed by atoms with Crippen LogP contribution in [0.1, 0.15) is 6.42 Å². The average molecular weight is 221 g/mol. The first-order chi connectivity index (χ1) is 6.34. The van der Waals surface area contributed by atoms with Gasteiger partial charge in [-0.25, -0.2) is 8.42 Å². The van der Waals surface area contributed by atoms with E-state index in [2.05, 4.69) is 0 Å². The number of hydrogen-bond donors (Lipinski definition) is 1. The van der Waals surface area contributed by atoms with Gasteiger partial charge in [-0.15, -0.1) is 0 Å². The van der Waals surface area contributed by atoms with Crippen molar-refractivity contribution >= 4 is 21.7 Å². The highest BCUT2D eigenvalue weighted by atomic mass is 32.2. The molecule has 1 aliphatic heterocycles. The summed E-state index contributed by atoms with van der Waals surface area (Å²) >= 11 is 0. The lowest BCUT2D eigenvalue weighted by atomic mass is 10.4. The largest absolute Gasteiger partial charge is 0.480 e. The Morgan fingerprint density at radius 1 is 1.64 bits per heavy atom. The number of carboxylic acid groups (broad SMARTS) is 1. The summed E-state index contributed by atoms with van der Waals surface area (Å²) in [5, 5.41) is 7.19. The van der Waals surface area contributed by atoms with Gasteiger partial charge in [0.1, 0.15) is 11.0 Å². The smallest absolute Gasteiger partial charge is 0.318 e. The maximum absolute atomic E-state index is 11.4. The Kier molecular flexibility index (Phi) is 2.79. The molecule has 0 bridgehead atoms. The fraction of sp³-hybridized carbons (Fsp3) is 0.714. The number of carboxylic acids is 1. The van der Waals surface area contributed by atoms with E-state index in [4.69, 9.17) is 5.11 Å². The second-order valence-electron chi connectivity index (χ2n) is 3.24. The molecule has 1 saturated heterocycles.